The molecule has 0 saturated heterocycles. The number of benzene rings is 1. The van der Waals surface area contributed by atoms with Gasteiger partial charge in [-0.3, -0.25) is 4.79 Å². The van der Waals surface area contributed by atoms with Crippen LogP contribution in [0.2, 0.25) is 0 Å². The van der Waals surface area contributed by atoms with E-state index >= 15 is 0 Å². The summed E-state index contributed by atoms with van der Waals surface area (Å²) in [6.07, 6.45) is 8.51. The Morgan fingerprint density at radius 3 is 2.50 bits per heavy atom. The third-order valence-electron chi connectivity index (χ3n) is 10.00. The Morgan fingerprint density at radius 2 is 1.76 bits per heavy atom. The van der Waals surface area contributed by atoms with Crippen LogP contribution in [0.3, 0.4) is 0 Å². The minimum atomic E-state index is -0.507. The summed E-state index contributed by atoms with van der Waals surface area (Å²) in [5.74, 6) is 2.38. The van der Waals surface area contributed by atoms with Gasteiger partial charge in [-0.1, -0.05) is 49.2 Å². The molecule has 4 aliphatic rings. The average Bonchev–Trinajstić information content (AvgIpc) is 3.13. The standard InChI is InChI=1S/C30H31NO3/c1-17-4-6-18(7-5-17)27-22-15-25-21-9-8-19-14-20(32)10-12-29(19,2)24(21)11-13-30(25,3)26(22)23(16-31)28(33)34-27/h4-7,14,21,24-25H,8-13,15H2,1-3H3/t21-,24+,25+,29+,30+/m1/s1. The van der Waals surface area contributed by atoms with Crippen LogP contribution in [0.4, 0.5) is 0 Å². The topological polar surface area (TPSA) is 71.1 Å². The predicted molar refractivity (Wildman–Crippen MR) is 130 cm³/mol. The molecule has 0 N–H and O–H groups in total. The lowest BCUT2D eigenvalue weighted by molar-refractivity contribution is -0.117. The molecule has 0 unspecified atom stereocenters. The summed E-state index contributed by atoms with van der Waals surface area (Å²) >= 11 is 0. The van der Waals surface area contributed by atoms with Gasteiger partial charge in [0.1, 0.15) is 17.4 Å². The van der Waals surface area contributed by atoms with Gasteiger partial charge in [0.25, 0.3) is 0 Å². The third kappa shape index (κ3) is 2.82. The number of allylic oxidation sites excluding steroid dienone is 2. The lowest BCUT2D eigenvalue weighted by Gasteiger charge is -2.57. The molecular weight excluding hydrogens is 422 g/mol. The van der Waals surface area contributed by atoms with E-state index < -0.39 is 5.63 Å². The fourth-order valence-corrected chi connectivity index (χ4v) is 8.22. The quantitative estimate of drug-likeness (QED) is 0.528. The van der Waals surface area contributed by atoms with E-state index in [9.17, 15) is 14.9 Å². The molecule has 4 nitrogen and oxygen atoms in total. The molecule has 0 bridgehead atoms. The largest absolute Gasteiger partial charge is 0.421 e. The first-order valence-electron chi connectivity index (χ1n) is 12.7. The van der Waals surface area contributed by atoms with E-state index in [1.807, 2.05) is 37.3 Å². The van der Waals surface area contributed by atoms with Crippen molar-refractivity contribution in [3.63, 3.8) is 0 Å². The van der Waals surface area contributed by atoms with Crippen LogP contribution in [0.5, 0.6) is 0 Å². The maximum absolute atomic E-state index is 13.0. The van der Waals surface area contributed by atoms with E-state index in [-0.39, 0.29) is 22.2 Å². The van der Waals surface area contributed by atoms with Crippen LogP contribution < -0.4 is 5.63 Å². The Morgan fingerprint density at radius 1 is 1.00 bits per heavy atom. The molecule has 4 aliphatic carbocycles. The van der Waals surface area contributed by atoms with E-state index in [0.717, 1.165) is 60.8 Å². The zero-order chi connectivity index (χ0) is 23.8. The van der Waals surface area contributed by atoms with Crippen LogP contribution in [0, 0.1) is 41.4 Å². The molecule has 2 aromatic rings. The molecular formula is C30H31NO3. The maximum atomic E-state index is 13.0. The highest BCUT2D eigenvalue weighted by Gasteiger charge is 2.59. The van der Waals surface area contributed by atoms with Crippen molar-refractivity contribution >= 4 is 5.78 Å². The van der Waals surface area contributed by atoms with Gasteiger partial charge in [-0.2, -0.15) is 5.26 Å². The molecule has 2 saturated carbocycles. The highest BCUT2D eigenvalue weighted by Crippen LogP contribution is 2.65. The number of ketones is 1. The minimum Gasteiger partial charge on any atom is -0.421 e. The number of rotatable bonds is 1. The van der Waals surface area contributed by atoms with E-state index in [0.29, 0.717) is 29.9 Å². The molecule has 34 heavy (non-hydrogen) atoms. The summed E-state index contributed by atoms with van der Waals surface area (Å²) in [7, 11) is 0. The Bertz CT molecular complexity index is 1340. The molecule has 0 amide bonds. The molecule has 1 heterocycles. The summed E-state index contributed by atoms with van der Waals surface area (Å²) < 4.78 is 5.85. The van der Waals surface area contributed by atoms with Crippen LogP contribution in [0.25, 0.3) is 11.3 Å². The Balaban J connectivity index is 1.49. The number of nitriles is 1. The van der Waals surface area contributed by atoms with Crippen LogP contribution in [0.15, 0.2) is 45.1 Å². The van der Waals surface area contributed by atoms with Gasteiger partial charge < -0.3 is 4.42 Å². The second-order valence-corrected chi connectivity index (χ2v) is 11.6. The zero-order valence-electron chi connectivity index (χ0n) is 20.2. The lowest BCUT2D eigenvalue weighted by Crippen LogP contribution is -2.51. The van der Waals surface area contributed by atoms with Crippen molar-refractivity contribution in [2.75, 3.05) is 0 Å². The Labute approximate surface area is 200 Å². The van der Waals surface area contributed by atoms with Gasteiger partial charge in [0, 0.05) is 17.5 Å². The molecule has 0 radical (unpaired) electrons. The van der Waals surface area contributed by atoms with Crippen molar-refractivity contribution < 1.29 is 9.21 Å². The van der Waals surface area contributed by atoms with Gasteiger partial charge in [-0.25, -0.2) is 4.79 Å². The molecule has 4 heteroatoms. The first-order valence-corrected chi connectivity index (χ1v) is 12.7. The second kappa shape index (κ2) is 7.28. The van der Waals surface area contributed by atoms with Gasteiger partial charge >= 0.3 is 5.63 Å². The number of hydrogen-bond acceptors (Lipinski definition) is 4. The lowest BCUT2D eigenvalue weighted by atomic mass is 9.47. The van der Waals surface area contributed by atoms with Gasteiger partial charge in [0.05, 0.1) is 0 Å². The van der Waals surface area contributed by atoms with Crippen LogP contribution in [0.1, 0.15) is 74.6 Å². The van der Waals surface area contributed by atoms with Crippen LogP contribution in [-0.2, 0) is 16.6 Å². The van der Waals surface area contributed by atoms with E-state index in [1.165, 1.54) is 5.57 Å². The summed E-state index contributed by atoms with van der Waals surface area (Å²) in [6.45, 7) is 6.72. The van der Waals surface area contributed by atoms with Crippen LogP contribution in [-0.4, -0.2) is 5.78 Å². The molecule has 5 atom stereocenters. The van der Waals surface area contributed by atoms with E-state index in [4.69, 9.17) is 4.42 Å². The van der Waals surface area contributed by atoms with Gasteiger partial charge in [-0.05, 0) is 85.7 Å². The number of nitrogens with zero attached hydrogens (tertiary/aromatic N) is 1. The highest BCUT2D eigenvalue weighted by molar-refractivity contribution is 5.91. The Kier molecular flexibility index (Phi) is 4.63. The minimum absolute atomic E-state index is 0.0961. The van der Waals surface area contributed by atoms with Crippen molar-refractivity contribution in [1.29, 1.82) is 5.26 Å². The van der Waals surface area contributed by atoms with E-state index in [1.54, 1.807) is 0 Å². The molecule has 2 fully saturated rings. The van der Waals surface area contributed by atoms with Gasteiger partial charge in [0.15, 0.2) is 5.78 Å². The van der Waals surface area contributed by atoms with E-state index in [2.05, 4.69) is 19.9 Å². The fraction of sp³-hybridized carbons (Fsp3) is 0.500. The summed E-state index contributed by atoms with van der Waals surface area (Å²) in [6, 6.07) is 10.3. The monoisotopic (exact) mass is 453 g/mol. The first-order chi connectivity index (χ1) is 16.3. The molecule has 0 spiro atoms. The SMILES string of the molecule is Cc1ccc(-c2oc(=O)c(C#N)c3c2C[C@H]2[C@@H]4CCC5=CC(=O)CC[C@]5(C)[C@H]4CC[C@]32C)cc1. The number of hydrogen-bond donors (Lipinski definition) is 0. The molecule has 1 aromatic carbocycles. The number of carbonyl (C=O) groups excluding carboxylic acids is 1. The van der Waals surface area contributed by atoms with Gasteiger partial charge in [-0.15, -0.1) is 0 Å². The highest BCUT2D eigenvalue weighted by atomic mass is 16.4. The maximum Gasteiger partial charge on any atom is 0.354 e. The summed E-state index contributed by atoms with van der Waals surface area (Å²) in [5, 5.41) is 9.99. The average molecular weight is 454 g/mol. The van der Waals surface area contributed by atoms with Crippen molar-refractivity contribution in [3.8, 4) is 17.4 Å². The number of fused-ring (bicyclic) bond motifs is 7. The van der Waals surface area contributed by atoms with Crippen molar-refractivity contribution in [1.82, 2.24) is 0 Å². The molecule has 1 aromatic heterocycles. The molecule has 0 aliphatic heterocycles. The number of aryl methyl sites for hydroxylation is 1. The predicted octanol–water partition coefficient (Wildman–Crippen LogP) is 6.03. The van der Waals surface area contributed by atoms with Crippen molar-refractivity contribution in [3.05, 3.63) is 68.6 Å². The molecule has 6 rings (SSSR count). The van der Waals surface area contributed by atoms with Crippen LogP contribution >= 0.6 is 0 Å². The molecule has 174 valence electrons. The summed E-state index contributed by atoms with van der Waals surface area (Å²) in [4.78, 5) is 25.2. The normalized spacial score (nSPS) is 33.8. The third-order valence-corrected chi connectivity index (χ3v) is 10.00. The zero-order valence-corrected chi connectivity index (χ0v) is 20.2. The fourth-order valence-electron chi connectivity index (χ4n) is 8.22. The van der Waals surface area contributed by atoms with Crippen molar-refractivity contribution in [2.24, 2.45) is 23.2 Å². The number of carbonyl (C=O) groups is 1. The van der Waals surface area contributed by atoms with Crippen molar-refractivity contribution in [2.45, 2.75) is 71.1 Å². The van der Waals surface area contributed by atoms with Gasteiger partial charge in [0.2, 0.25) is 0 Å². The smallest absolute Gasteiger partial charge is 0.354 e. The first kappa shape index (κ1) is 21.6. The summed E-state index contributed by atoms with van der Waals surface area (Å²) in [5.41, 5.74) is 5.05. The second-order valence-electron chi connectivity index (χ2n) is 11.6. The Hall–Kier alpha value is -2.93.